The van der Waals surface area contributed by atoms with E-state index in [0.717, 1.165) is 28.9 Å². The van der Waals surface area contributed by atoms with Crippen LogP contribution in [0.4, 0.5) is 0 Å². The highest BCUT2D eigenvalue weighted by atomic mass is 35.5. The minimum absolute atomic E-state index is 0.0154. The first-order valence-corrected chi connectivity index (χ1v) is 7.34. The van der Waals surface area contributed by atoms with E-state index in [0.29, 0.717) is 11.6 Å². The van der Waals surface area contributed by atoms with E-state index in [1.54, 1.807) is 22.8 Å². The predicted molar refractivity (Wildman–Crippen MR) is 84.6 cm³/mol. The second kappa shape index (κ2) is 6.31. The number of carbonyl (C=O) groups is 1. The van der Waals surface area contributed by atoms with Crippen molar-refractivity contribution >= 4 is 17.5 Å². The van der Waals surface area contributed by atoms with Gasteiger partial charge in [0.2, 0.25) is 0 Å². The van der Waals surface area contributed by atoms with Gasteiger partial charge < -0.3 is 4.90 Å². The van der Waals surface area contributed by atoms with Crippen LogP contribution in [-0.2, 0) is 13.1 Å². The third kappa shape index (κ3) is 3.45. The Morgan fingerprint density at radius 1 is 1.38 bits per heavy atom. The van der Waals surface area contributed by atoms with Crippen LogP contribution in [0.25, 0.3) is 0 Å². The van der Waals surface area contributed by atoms with Gasteiger partial charge in [-0.3, -0.25) is 9.48 Å². The minimum atomic E-state index is -0.0154. The molecule has 0 atom stereocenters. The van der Waals surface area contributed by atoms with Crippen molar-refractivity contribution in [1.82, 2.24) is 14.7 Å². The average molecular weight is 306 g/mol. The monoisotopic (exact) mass is 305 g/mol. The molecule has 1 heterocycles. The number of hydrogen-bond acceptors (Lipinski definition) is 2. The lowest BCUT2D eigenvalue weighted by Crippen LogP contribution is -2.27. The summed E-state index contributed by atoms with van der Waals surface area (Å²) in [6.45, 7) is 7.08. The number of aromatic nitrogens is 2. The topological polar surface area (TPSA) is 38.1 Å². The summed E-state index contributed by atoms with van der Waals surface area (Å²) in [7, 11) is 1.77. The summed E-state index contributed by atoms with van der Waals surface area (Å²) >= 11 is 6.15. The van der Waals surface area contributed by atoms with Gasteiger partial charge in [0, 0.05) is 25.4 Å². The van der Waals surface area contributed by atoms with Crippen LogP contribution in [0.2, 0.25) is 5.02 Å². The fraction of sp³-hybridized carbons (Fsp3) is 0.375. The molecule has 0 N–H and O–H groups in total. The Kier molecular flexibility index (Phi) is 4.68. The van der Waals surface area contributed by atoms with Crippen molar-refractivity contribution in [3.63, 3.8) is 0 Å². The number of nitrogens with zero attached hydrogens (tertiary/aromatic N) is 3. The first-order chi connectivity index (χ1) is 9.92. The van der Waals surface area contributed by atoms with Crippen LogP contribution in [-0.4, -0.2) is 27.6 Å². The lowest BCUT2D eigenvalue weighted by molar-refractivity contribution is 0.0782. The second-order valence-corrected chi connectivity index (χ2v) is 5.67. The molecule has 0 saturated carbocycles. The van der Waals surface area contributed by atoms with E-state index >= 15 is 0 Å². The van der Waals surface area contributed by atoms with Crippen LogP contribution in [0.3, 0.4) is 0 Å². The van der Waals surface area contributed by atoms with Crippen LogP contribution < -0.4 is 0 Å². The molecule has 1 aromatic heterocycles. The van der Waals surface area contributed by atoms with Gasteiger partial charge in [-0.2, -0.15) is 5.10 Å². The minimum Gasteiger partial charge on any atom is -0.336 e. The molecule has 0 aliphatic rings. The van der Waals surface area contributed by atoms with Gasteiger partial charge in [0.15, 0.2) is 0 Å². The normalized spacial score (nSPS) is 10.7. The van der Waals surface area contributed by atoms with Crippen molar-refractivity contribution in [2.75, 3.05) is 7.05 Å². The molecule has 21 heavy (non-hydrogen) atoms. The average Bonchev–Trinajstić information content (AvgIpc) is 2.81. The Hall–Kier alpha value is -1.81. The number of hydrogen-bond donors (Lipinski definition) is 0. The maximum atomic E-state index is 12.6. The first-order valence-electron chi connectivity index (χ1n) is 6.97. The van der Waals surface area contributed by atoms with Crippen LogP contribution in [0.5, 0.6) is 0 Å². The Morgan fingerprint density at radius 3 is 2.71 bits per heavy atom. The molecule has 1 amide bonds. The van der Waals surface area contributed by atoms with Gasteiger partial charge in [-0.05, 0) is 32.4 Å². The second-order valence-electron chi connectivity index (χ2n) is 5.26. The largest absolute Gasteiger partial charge is 0.336 e. The standard InChI is InChI=1S/C16H20ClN3O/c1-5-20-9-14(17)15(18-20)10-19(4)16(21)13-8-11(2)6-7-12(13)3/h6-9H,5,10H2,1-4H3. The molecule has 0 spiro atoms. The van der Waals surface area contributed by atoms with Crippen molar-refractivity contribution in [1.29, 1.82) is 0 Å². The fourth-order valence-electron chi connectivity index (χ4n) is 2.17. The van der Waals surface area contributed by atoms with Gasteiger partial charge in [0.05, 0.1) is 11.6 Å². The molecular weight excluding hydrogens is 286 g/mol. The van der Waals surface area contributed by atoms with Gasteiger partial charge in [-0.25, -0.2) is 0 Å². The van der Waals surface area contributed by atoms with Gasteiger partial charge in [0.25, 0.3) is 5.91 Å². The Morgan fingerprint density at radius 2 is 2.10 bits per heavy atom. The van der Waals surface area contributed by atoms with Crippen molar-refractivity contribution in [2.45, 2.75) is 33.9 Å². The number of amides is 1. The Labute approximate surface area is 130 Å². The maximum absolute atomic E-state index is 12.6. The lowest BCUT2D eigenvalue weighted by Gasteiger charge is -2.18. The summed E-state index contributed by atoms with van der Waals surface area (Å²) in [6.07, 6.45) is 1.78. The molecule has 4 nitrogen and oxygen atoms in total. The third-order valence-electron chi connectivity index (χ3n) is 3.47. The van der Waals surface area contributed by atoms with Gasteiger partial charge >= 0.3 is 0 Å². The Balaban J connectivity index is 2.19. The SMILES string of the molecule is CCn1cc(Cl)c(CN(C)C(=O)c2cc(C)ccc2C)n1. The number of halogens is 1. The molecule has 112 valence electrons. The summed E-state index contributed by atoms with van der Waals surface area (Å²) in [6, 6.07) is 5.89. The summed E-state index contributed by atoms with van der Waals surface area (Å²) in [5.74, 6) is -0.0154. The van der Waals surface area contributed by atoms with E-state index in [4.69, 9.17) is 11.6 Å². The summed E-state index contributed by atoms with van der Waals surface area (Å²) in [5, 5.41) is 4.97. The summed E-state index contributed by atoms with van der Waals surface area (Å²) in [5.41, 5.74) is 3.50. The fourth-order valence-corrected chi connectivity index (χ4v) is 2.38. The zero-order valence-electron chi connectivity index (χ0n) is 12.9. The summed E-state index contributed by atoms with van der Waals surface area (Å²) < 4.78 is 1.77. The molecule has 2 aromatic rings. The molecule has 2 rings (SSSR count). The van der Waals surface area contributed by atoms with Crippen LogP contribution in [0.15, 0.2) is 24.4 Å². The zero-order valence-corrected chi connectivity index (χ0v) is 13.6. The molecule has 0 unspecified atom stereocenters. The van der Waals surface area contributed by atoms with Crippen molar-refractivity contribution < 1.29 is 4.79 Å². The van der Waals surface area contributed by atoms with Gasteiger partial charge in [-0.1, -0.05) is 29.3 Å². The van der Waals surface area contributed by atoms with E-state index in [1.165, 1.54) is 0 Å². The highest BCUT2D eigenvalue weighted by molar-refractivity contribution is 6.31. The molecule has 1 aromatic carbocycles. The lowest BCUT2D eigenvalue weighted by atomic mass is 10.0. The maximum Gasteiger partial charge on any atom is 0.254 e. The molecule has 0 aliphatic heterocycles. The first kappa shape index (κ1) is 15.6. The van der Waals surface area contributed by atoms with E-state index in [1.807, 2.05) is 39.0 Å². The van der Waals surface area contributed by atoms with Crippen LogP contribution in [0, 0.1) is 13.8 Å². The highest BCUT2D eigenvalue weighted by Crippen LogP contribution is 2.18. The van der Waals surface area contributed by atoms with E-state index in [-0.39, 0.29) is 5.91 Å². The van der Waals surface area contributed by atoms with Crippen LogP contribution >= 0.6 is 11.6 Å². The molecule has 5 heteroatoms. The molecule has 0 bridgehead atoms. The van der Waals surface area contributed by atoms with Crippen molar-refractivity contribution in [3.05, 3.63) is 51.8 Å². The molecular formula is C16H20ClN3O. The number of benzene rings is 1. The predicted octanol–water partition coefficient (Wildman–Crippen LogP) is 3.45. The van der Waals surface area contributed by atoms with Gasteiger partial charge in [0.1, 0.15) is 5.69 Å². The van der Waals surface area contributed by atoms with E-state index in [9.17, 15) is 4.79 Å². The summed E-state index contributed by atoms with van der Waals surface area (Å²) in [4.78, 5) is 14.2. The van der Waals surface area contributed by atoms with Crippen LogP contribution in [0.1, 0.15) is 34.1 Å². The number of rotatable bonds is 4. The quantitative estimate of drug-likeness (QED) is 0.868. The highest BCUT2D eigenvalue weighted by Gasteiger charge is 2.17. The van der Waals surface area contributed by atoms with Gasteiger partial charge in [-0.15, -0.1) is 0 Å². The zero-order chi connectivity index (χ0) is 15.6. The molecule has 0 saturated heterocycles. The molecule has 0 radical (unpaired) electrons. The Bertz CT molecular complexity index is 664. The molecule has 0 aliphatic carbocycles. The third-order valence-corrected chi connectivity index (χ3v) is 3.78. The van der Waals surface area contributed by atoms with Crippen molar-refractivity contribution in [3.8, 4) is 0 Å². The number of carbonyl (C=O) groups excluding carboxylic acids is 1. The van der Waals surface area contributed by atoms with Crippen molar-refractivity contribution in [2.24, 2.45) is 0 Å². The van der Waals surface area contributed by atoms with E-state index in [2.05, 4.69) is 5.10 Å². The number of aryl methyl sites for hydroxylation is 3. The molecule has 0 fully saturated rings. The smallest absolute Gasteiger partial charge is 0.254 e. The van der Waals surface area contributed by atoms with E-state index < -0.39 is 0 Å².